The fourth-order valence-corrected chi connectivity index (χ4v) is 4.38. The Labute approximate surface area is 175 Å². The van der Waals surface area contributed by atoms with Crippen LogP contribution in [0.15, 0.2) is 77.7 Å². The van der Waals surface area contributed by atoms with Gasteiger partial charge in [0.2, 0.25) is 0 Å². The minimum absolute atomic E-state index is 0.0869. The molecular weight excluding hydrogens is 381 g/mol. The van der Waals surface area contributed by atoms with Gasteiger partial charge >= 0.3 is 0 Å². The van der Waals surface area contributed by atoms with Crippen LogP contribution < -0.4 is 4.72 Å². The summed E-state index contributed by atoms with van der Waals surface area (Å²) in [5.41, 5.74) is 3.88. The first-order valence-corrected chi connectivity index (χ1v) is 10.5. The van der Waals surface area contributed by atoms with Crippen LogP contribution in [-0.2, 0) is 6.54 Å². The Hall–Kier alpha value is -2.65. The summed E-state index contributed by atoms with van der Waals surface area (Å²) >= 11 is 1.47. The summed E-state index contributed by atoms with van der Waals surface area (Å²) in [5, 5.41) is 8.95. The lowest BCUT2D eigenvalue weighted by Crippen LogP contribution is -2.28. The van der Waals surface area contributed by atoms with Gasteiger partial charge in [0.25, 0.3) is 0 Å². The second kappa shape index (κ2) is 9.23. The predicted octanol–water partition coefficient (Wildman–Crippen LogP) is 5.24. The highest BCUT2D eigenvalue weighted by atomic mass is 32.2. The lowest BCUT2D eigenvalue weighted by Gasteiger charge is -2.17. The molecule has 1 atom stereocenters. The molecule has 0 aliphatic carbocycles. The van der Waals surface area contributed by atoms with E-state index in [0.717, 1.165) is 31.0 Å². The van der Waals surface area contributed by atoms with Crippen LogP contribution in [0.3, 0.4) is 0 Å². The van der Waals surface area contributed by atoms with Crippen LogP contribution in [0.5, 0.6) is 0 Å². The normalized spacial score (nSPS) is 16.6. The molecule has 3 aromatic rings. The molecule has 29 heavy (non-hydrogen) atoms. The van der Waals surface area contributed by atoms with Gasteiger partial charge in [0.05, 0.1) is 5.56 Å². The molecule has 1 aliphatic heterocycles. The van der Waals surface area contributed by atoms with Crippen molar-refractivity contribution in [3.8, 4) is 17.2 Å². The van der Waals surface area contributed by atoms with Crippen molar-refractivity contribution in [2.24, 2.45) is 0 Å². The Bertz CT molecular complexity index is 999. The number of nitrogens with one attached hydrogen (secondary N) is 1. The topological polar surface area (TPSA) is 39.1 Å². The Kier molecular flexibility index (Phi) is 6.26. The van der Waals surface area contributed by atoms with Gasteiger partial charge in [-0.2, -0.15) is 5.26 Å². The molecule has 0 amide bonds. The Morgan fingerprint density at radius 2 is 1.79 bits per heavy atom. The van der Waals surface area contributed by atoms with Crippen LogP contribution in [0.2, 0.25) is 0 Å². The maximum absolute atomic E-state index is 13.4. The first-order valence-electron chi connectivity index (χ1n) is 9.70. The third-order valence-electron chi connectivity index (χ3n) is 5.14. The molecule has 4 rings (SSSR count). The zero-order chi connectivity index (χ0) is 20.1. The van der Waals surface area contributed by atoms with Gasteiger partial charge in [0.1, 0.15) is 11.9 Å². The number of hydrogen-bond donors (Lipinski definition) is 1. The van der Waals surface area contributed by atoms with Crippen molar-refractivity contribution in [3.05, 3.63) is 89.7 Å². The molecule has 0 spiro atoms. The summed E-state index contributed by atoms with van der Waals surface area (Å²) in [5.74, 6) is -0.470. The maximum Gasteiger partial charge on any atom is 0.141 e. The molecule has 1 saturated heterocycles. The van der Waals surface area contributed by atoms with Crippen molar-refractivity contribution in [2.75, 3.05) is 13.1 Å². The standard InChI is InChI=1S/C24H22FN3S/c25-24-11-10-23(14-21(24)15-26)29-27-22-12-13-28(17-22)16-18-6-8-20(9-7-18)19-4-2-1-3-5-19/h1-11,14,22,27H,12-13,16-17H2. The Morgan fingerprint density at radius 1 is 1.03 bits per heavy atom. The number of rotatable bonds is 6. The number of nitrogens with zero attached hydrogens (tertiary/aromatic N) is 2. The van der Waals surface area contributed by atoms with Crippen molar-refractivity contribution in [1.29, 1.82) is 5.26 Å². The van der Waals surface area contributed by atoms with Crippen molar-refractivity contribution < 1.29 is 4.39 Å². The van der Waals surface area contributed by atoms with Gasteiger partial charge in [-0.25, -0.2) is 4.39 Å². The molecule has 1 aliphatic rings. The van der Waals surface area contributed by atoms with E-state index in [2.05, 4.69) is 58.2 Å². The van der Waals surface area contributed by atoms with Gasteiger partial charge in [0.15, 0.2) is 0 Å². The van der Waals surface area contributed by atoms with Gasteiger partial charge < -0.3 is 0 Å². The number of likely N-dealkylation sites (tertiary alicyclic amines) is 1. The lowest BCUT2D eigenvalue weighted by atomic mass is 10.0. The fourth-order valence-electron chi connectivity index (χ4n) is 3.57. The first-order chi connectivity index (χ1) is 14.2. The molecule has 3 aromatic carbocycles. The number of halogens is 1. The molecule has 0 radical (unpaired) electrons. The smallest absolute Gasteiger partial charge is 0.141 e. The van der Waals surface area contributed by atoms with Gasteiger partial charge in [-0.05, 0) is 53.3 Å². The molecule has 1 N–H and O–H groups in total. The summed E-state index contributed by atoms with van der Waals surface area (Å²) in [4.78, 5) is 3.30. The Morgan fingerprint density at radius 3 is 2.55 bits per heavy atom. The van der Waals surface area contributed by atoms with Crippen LogP contribution in [0.25, 0.3) is 11.1 Å². The van der Waals surface area contributed by atoms with E-state index in [-0.39, 0.29) is 5.56 Å². The molecule has 0 bridgehead atoms. The monoisotopic (exact) mass is 403 g/mol. The molecule has 0 saturated carbocycles. The van der Waals surface area contributed by atoms with Gasteiger partial charge in [-0.3, -0.25) is 9.62 Å². The van der Waals surface area contributed by atoms with Crippen LogP contribution in [0.4, 0.5) is 4.39 Å². The molecule has 1 fully saturated rings. The third kappa shape index (κ3) is 5.04. The molecule has 1 unspecified atom stereocenters. The minimum atomic E-state index is -0.470. The maximum atomic E-state index is 13.4. The average Bonchev–Trinajstić information content (AvgIpc) is 3.21. The largest absolute Gasteiger partial charge is 0.297 e. The highest BCUT2D eigenvalue weighted by molar-refractivity contribution is 7.97. The minimum Gasteiger partial charge on any atom is -0.297 e. The predicted molar refractivity (Wildman–Crippen MR) is 116 cm³/mol. The molecule has 146 valence electrons. The van der Waals surface area contributed by atoms with Crippen LogP contribution in [-0.4, -0.2) is 24.0 Å². The molecular formula is C24H22FN3S. The van der Waals surface area contributed by atoms with Crippen molar-refractivity contribution in [3.63, 3.8) is 0 Å². The summed E-state index contributed by atoms with van der Waals surface area (Å²) in [6.07, 6.45) is 1.07. The van der Waals surface area contributed by atoms with E-state index in [4.69, 9.17) is 5.26 Å². The summed E-state index contributed by atoms with van der Waals surface area (Å²) in [7, 11) is 0. The van der Waals surface area contributed by atoms with E-state index in [9.17, 15) is 4.39 Å². The SMILES string of the molecule is N#Cc1cc(SNC2CCN(Cc3ccc(-c4ccccc4)cc3)C2)ccc1F. The molecule has 3 nitrogen and oxygen atoms in total. The second-order valence-electron chi connectivity index (χ2n) is 7.26. The zero-order valence-electron chi connectivity index (χ0n) is 16.0. The summed E-state index contributed by atoms with van der Waals surface area (Å²) < 4.78 is 16.9. The fraction of sp³-hybridized carbons (Fsp3) is 0.208. The van der Waals surface area contributed by atoms with Gasteiger partial charge in [-0.15, -0.1) is 0 Å². The van der Waals surface area contributed by atoms with E-state index in [0.29, 0.717) is 6.04 Å². The van der Waals surface area contributed by atoms with Crippen molar-refractivity contribution in [1.82, 2.24) is 9.62 Å². The van der Waals surface area contributed by atoms with E-state index in [1.807, 2.05) is 12.1 Å². The van der Waals surface area contributed by atoms with Crippen molar-refractivity contribution >= 4 is 11.9 Å². The van der Waals surface area contributed by atoms with Crippen LogP contribution >= 0.6 is 11.9 Å². The zero-order valence-corrected chi connectivity index (χ0v) is 16.8. The molecule has 1 heterocycles. The second-order valence-corrected chi connectivity index (χ2v) is 8.17. The van der Waals surface area contributed by atoms with E-state index >= 15 is 0 Å². The van der Waals surface area contributed by atoms with Gasteiger partial charge in [0, 0.05) is 30.6 Å². The lowest BCUT2D eigenvalue weighted by molar-refractivity contribution is 0.325. The van der Waals surface area contributed by atoms with Crippen molar-refractivity contribution in [2.45, 2.75) is 23.9 Å². The highest BCUT2D eigenvalue weighted by Gasteiger charge is 2.22. The Balaban J connectivity index is 1.28. The molecule has 0 aromatic heterocycles. The number of nitriles is 1. The van der Waals surface area contributed by atoms with E-state index in [1.165, 1.54) is 34.7 Å². The number of benzene rings is 3. The quantitative estimate of drug-likeness (QED) is 0.572. The van der Waals surface area contributed by atoms with E-state index < -0.39 is 5.82 Å². The summed E-state index contributed by atoms with van der Waals surface area (Å²) in [6, 6.07) is 26.1. The third-order valence-corrected chi connectivity index (χ3v) is 6.08. The molecule has 5 heteroatoms. The van der Waals surface area contributed by atoms with Gasteiger partial charge in [-0.1, -0.05) is 54.6 Å². The van der Waals surface area contributed by atoms with E-state index in [1.54, 1.807) is 12.1 Å². The summed E-state index contributed by atoms with van der Waals surface area (Å²) in [6.45, 7) is 2.96. The van der Waals surface area contributed by atoms with Crippen LogP contribution in [0, 0.1) is 17.1 Å². The first kappa shape index (κ1) is 19.7. The average molecular weight is 404 g/mol. The highest BCUT2D eigenvalue weighted by Crippen LogP contribution is 2.23. The van der Waals surface area contributed by atoms with Crippen LogP contribution in [0.1, 0.15) is 17.5 Å². The number of hydrogen-bond acceptors (Lipinski definition) is 4.